The van der Waals surface area contributed by atoms with E-state index in [1.807, 2.05) is 0 Å². The third-order valence-corrected chi connectivity index (χ3v) is 2.11. The van der Waals surface area contributed by atoms with Crippen LogP contribution in [0.15, 0.2) is 18.2 Å². The normalized spacial score (nSPS) is 11.7. The van der Waals surface area contributed by atoms with Crippen LogP contribution in [-0.2, 0) is 4.79 Å². The summed E-state index contributed by atoms with van der Waals surface area (Å²) >= 11 is 0. The molecular formula is C11H13FN2O4. The van der Waals surface area contributed by atoms with Crippen LogP contribution < -0.4 is 10.6 Å². The Bertz CT molecular complexity index is 464. The SMILES string of the molecule is Cc1ccc(NC(=O)NC[C@H](O)C(=O)O)c(F)c1. The minimum atomic E-state index is -1.70. The fourth-order valence-electron chi connectivity index (χ4n) is 1.16. The van der Waals surface area contributed by atoms with Crippen LogP contribution in [0.4, 0.5) is 14.9 Å². The van der Waals surface area contributed by atoms with Crippen molar-refractivity contribution in [2.24, 2.45) is 0 Å². The maximum absolute atomic E-state index is 13.4. The summed E-state index contributed by atoms with van der Waals surface area (Å²) in [5.74, 6) is -2.04. The molecule has 18 heavy (non-hydrogen) atoms. The molecule has 1 atom stereocenters. The lowest BCUT2D eigenvalue weighted by molar-refractivity contribution is -0.146. The van der Waals surface area contributed by atoms with Crippen molar-refractivity contribution in [1.29, 1.82) is 0 Å². The van der Waals surface area contributed by atoms with Gasteiger partial charge in [-0.25, -0.2) is 14.0 Å². The quantitative estimate of drug-likeness (QED) is 0.637. The van der Waals surface area contributed by atoms with Gasteiger partial charge in [0.15, 0.2) is 6.10 Å². The Morgan fingerprint density at radius 1 is 1.44 bits per heavy atom. The first-order chi connectivity index (χ1) is 8.40. The van der Waals surface area contributed by atoms with Crippen molar-refractivity contribution < 1.29 is 24.2 Å². The number of benzene rings is 1. The van der Waals surface area contributed by atoms with Gasteiger partial charge in [-0.1, -0.05) is 6.07 Å². The van der Waals surface area contributed by atoms with E-state index in [1.54, 1.807) is 13.0 Å². The summed E-state index contributed by atoms with van der Waals surface area (Å²) in [4.78, 5) is 21.6. The lowest BCUT2D eigenvalue weighted by Crippen LogP contribution is -2.38. The van der Waals surface area contributed by atoms with Crippen LogP contribution in [-0.4, -0.2) is 34.9 Å². The summed E-state index contributed by atoms with van der Waals surface area (Å²) in [5, 5.41) is 21.6. The predicted octanol–water partition coefficient (Wildman–Crippen LogP) is 0.701. The highest BCUT2D eigenvalue weighted by molar-refractivity contribution is 5.89. The second-order valence-corrected chi connectivity index (χ2v) is 3.67. The zero-order valence-corrected chi connectivity index (χ0v) is 9.61. The lowest BCUT2D eigenvalue weighted by Gasteiger charge is -2.10. The van der Waals surface area contributed by atoms with Gasteiger partial charge in [0.25, 0.3) is 0 Å². The highest BCUT2D eigenvalue weighted by atomic mass is 19.1. The van der Waals surface area contributed by atoms with E-state index in [9.17, 15) is 14.0 Å². The molecule has 1 aromatic carbocycles. The molecule has 0 heterocycles. The van der Waals surface area contributed by atoms with E-state index in [-0.39, 0.29) is 5.69 Å². The molecular weight excluding hydrogens is 243 g/mol. The Hall–Kier alpha value is -2.15. The maximum atomic E-state index is 13.4. The standard InChI is InChI=1S/C11H13FN2O4/c1-6-2-3-8(7(12)4-6)14-11(18)13-5-9(15)10(16)17/h2-4,9,15H,5H2,1H3,(H,16,17)(H2,13,14,18)/t9-/m0/s1. The van der Waals surface area contributed by atoms with Gasteiger partial charge in [-0.3, -0.25) is 0 Å². The minimum absolute atomic E-state index is 0.0251. The predicted molar refractivity (Wildman–Crippen MR) is 61.8 cm³/mol. The molecule has 7 heteroatoms. The summed E-state index contributed by atoms with van der Waals surface area (Å²) in [6.07, 6.45) is -1.70. The summed E-state index contributed by atoms with van der Waals surface area (Å²) < 4.78 is 13.4. The van der Waals surface area contributed by atoms with Gasteiger partial charge in [-0.05, 0) is 24.6 Å². The molecule has 2 amide bonds. The molecule has 4 N–H and O–H groups in total. The van der Waals surface area contributed by atoms with Crippen molar-refractivity contribution in [3.8, 4) is 0 Å². The molecule has 6 nitrogen and oxygen atoms in total. The van der Waals surface area contributed by atoms with Gasteiger partial charge in [-0.15, -0.1) is 0 Å². The van der Waals surface area contributed by atoms with Crippen molar-refractivity contribution in [1.82, 2.24) is 5.32 Å². The third-order valence-electron chi connectivity index (χ3n) is 2.11. The van der Waals surface area contributed by atoms with E-state index < -0.39 is 30.5 Å². The number of urea groups is 1. The van der Waals surface area contributed by atoms with E-state index in [2.05, 4.69) is 10.6 Å². The first-order valence-electron chi connectivity index (χ1n) is 5.12. The lowest BCUT2D eigenvalue weighted by atomic mass is 10.2. The summed E-state index contributed by atoms with van der Waals surface area (Å²) in [6.45, 7) is 1.24. The van der Waals surface area contributed by atoms with E-state index >= 15 is 0 Å². The molecule has 0 saturated heterocycles. The minimum Gasteiger partial charge on any atom is -0.479 e. The van der Waals surface area contributed by atoms with Crippen molar-refractivity contribution in [3.63, 3.8) is 0 Å². The molecule has 0 spiro atoms. The van der Waals surface area contributed by atoms with Gasteiger partial charge in [0, 0.05) is 0 Å². The molecule has 1 aromatic rings. The van der Waals surface area contributed by atoms with Crippen LogP contribution in [0.1, 0.15) is 5.56 Å². The summed E-state index contributed by atoms with van der Waals surface area (Å²) in [5.41, 5.74) is 0.683. The van der Waals surface area contributed by atoms with Crippen molar-refractivity contribution in [2.75, 3.05) is 11.9 Å². The Balaban J connectivity index is 2.52. The Morgan fingerprint density at radius 3 is 2.67 bits per heavy atom. The van der Waals surface area contributed by atoms with E-state index in [4.69, 9.17) is 10.2 Å². The van der Waals surface area contributed by atoms with Gasteiger partial charge >= 0.3 is 12.0 Å². The molecule has 0 radical (unpaired) electrons. The number of aryl methyl sites for hydroxylation is 1. The zero-order chi connectivity index (χ0) is 13.7. The van der Waals surface area contributed by atoms with Crippen LogP contribution in [0.5, 0.6) is 0 Å². The van der Waals surface area contributed by atoms with E-state index in [0.717, 1.165) is 0 Å². The van der Waals surface area contributed by atoms with Crippen LogP contribution in [0.25, 0.3) is 0 Å². The fourth-order valence-corrected chi connectivity index (χ4v) is 1.16. The highest BCUT2D eigenvalue weighted by Crippen LogP contribution is 2.14. The molecule has 0 bridgehead atoms. The Morgan fingerprint density at radius 2 is 2.11 bits per heavy atom. The van der Waals surface area contributed by atoms with Crippen LogP contribution in [0, 0.1) is 12.7 Å². The molecule has 0 aliphatic carbocycles. The number of anilines is 1. The number of carboxylic acids is 1. The van der Waals surface area contributed by atoms with Gasteiger partial charge in [0.1, 0.15) is 5.82 Å². The third kappa shape index (κ3) is 4.02. The number of halogens is 1. The van der Waals surface area contributed by atoms with Crippen molar-refractivity contribution >= 4 is 17.7 Å². The average Bonchev–Trinajstić information content (AvgIpc) is 2.29. The van der Waals surface area contributed by atoms with Crippen LogP contribution >= 0.6 is 0 Å². The monoisotopic (exact) mass is 256 g/mol. The number of carbonyl (C=O) groups is 2. The van der Waals surface area contributed by atoms with E-state index in [1.165, 1.54) is 12.1 Å². The summed E-state index contributed by atoms with van der Waals surface area (Å²) in [7, 11) is 0. The number of carboxylic acid groups (broad SMARTS) is 1. The number of carbonyl (C=O) groups excluding carboxylic acids is 1. The topological polar surface area (TPSA) is 98.7 Å². The molecule has 98 valence electrons. The maximum Gasteiger partial charge on any atom is 0.334 e. The first kappa shape index (κ1) is 13.9. The fraction of sp³-hybridized carbons (Fsp3) is 0.273. The molecule has 0 fully saturated rings. The number of rotatable bonds is 4. The van der Waals surface area contributed by atoms with Crippen LogP contribution in [0.3, 0.4) is 0 Å². The van der Waals surface area contributed by atoms with Crippen molar-refractivity contribution in [3.05, 3.63) is 29.6 Å². The number of hydrogen-bond donors (Lipinski definition) is 4. The summed E-state index contributed by atoms with van der Waals surface area (Å²) in [6, 6.07) is 3.46. The van der Waals surface area contributed by atoms with Crippen molar-refractivity contribution in [2.45, 2.75) is 13.0 Å². The molecule has 0 saturated carbocycles. The van der Waals surface area contributed by atoms with Gasteiger partial charge in [-0.2, -0.15) is 0 Å². The largest absolute Gasteiger partial charge is 0.479 e. The number of hydrogen-bond acceptors (Lipinski definition) is 3. The number of aliphatic hydroxyl groups is 1. The average molecular weight is 256 g/mol. The zero-order valence-electron chi connectivity index (χ0n) is 9.61. The van der Waals surface area contributed by atoms with E-state index in [0.29, 0.717) is 5.56 Å². The Kier molecular flexibility index (Phi) is 4.61. The molecule has 0 aliphatic heterocycles. The van der Waals surface area contributed by atoms with Gasteiger partial charge < -0.3 is 20.8 Å². The number of amides is 2. The second kappa shape index (κ2) is 5.97. The van der Waals surface area contributed by atoms with Gasteiger partial charge in [0.05, 0.1) is 12.2 Å². The van der Waals surface area contributed by atoms with Crippen LogP contribution in [0.2, 0.25) is 0 Å². The second-order valence-electron chi connectivity index (χ2n) is 3.67. The highest BCUT2D eigenvalue weighted by Gasteiger charge is 2.14. The molecule has 0 aromatic heterocycles. The number of aliphatic carboxylic acids is 1. The molecule has 0 unspecified atom stereocenters. The Labute approximate surface area is 102 Å². The van der Waals surface area contributed by atoms with Gasteiger partial charge in [0.2, 0.25) is 0 Å². The number of nitrogens with one attached hydrogen (secondary N) is 2. The smallest absolute Gasteiger partial charge is 0.334 e. The number of aliphatic hydroxyl groups excluding tert-OH is 1. The molecule has 0 aliphatic rings. The first-order valence-corrected chi connectivity index (χ1v) is 5.12. The molecule has 1 rings (SSSR count).